The lowest BCUT2D eigenvalue weighted by Crippen LogP contribution is -2.00. The highest BCUT2D eigenvalue weighted by atomic mass is 79.9. The van der Waals surface area contributed by atoms with Crippen LogP contribution in [-0.2, 0) is 6.61 Å². The number of nitro benzene ring substituents is 1. The van der Waals surface area contributed by atoms with Gasteiger partial charge in [-0.1, -0.05) is 22.0 Å². The second-order valence-electron chi connectivity index (χ2n) is 4.13. The van der Waals surface area contributed by atoms with Crippen LogP contribution >= 0.6 is 15.9 Å². The fourth-order valence-corrected chi connectivity index (χ4v) is 2.06. The second-order valence-corrected chi connectivity index (χ2v) is 5.04. The maximum atomic E-state index is 13.5. The highest BCUT2D eigenvalue weighted by molar-refractivity contribution is 9.10. The van der Waals surface area contributed by atoms with Gasteiger partial charge in [0.2, 0.25) is 0 Å². The van der Waals surface area contributed by atoms with Gasteiger partial charge in [0.05, 0.1) is 12.0 Å². The van der Waals surface area contributed by atoms with Gasteiger partial charge in [0, 0.05) is 10.5 Å². The van der Waals surface area contributed by atoms with Gasteiger partial charge in [0.1, 0.15) is 6.61 Å². The van der Waals surface area contributed by atoms with Gasteiger partial charge in [-0.2, -0.15) is 0 Å². The van der Waals surface area contributed by atoms with Gasteiger partial charge in [0.15, 0.2) is 17.3 Å². The van der Waals surface area contributed by atoms with E-state index in [-0.39, 0.29) is 23.8 Å². The van der Waals surface area contributed by atoms with Crippen LogP contribution in [0.25, 0.3) is 0 Å². The molecule has 0 saturated carbocycles. The zero-order chi connectivity index (χ0) is 15.4. The summed E-state index contributed by atoms with van der Waals surface area (Å²) >= 11 is 3.22. The van der Waals surface area contributed by atoms with E-state index >= 15 is 0 Å². The molecule has 0 unspecified atom stereocenters. The van der Waals surface area contributed by atoms with E-state index in [1.807, 2.05) is 0 Å². The molecule has 0 aliphatic rings. The molecule has 21 heavy (non-hydrogen) atoms. The quantitative estimate of drug-likeness (QED) is 0.598. The van der Waals surface area contributed by atoms with Gasteiger partial charge < -0.3 is 9.47 Å². The molecule has 0 heterocycles. The minimum Gasteiger partial charge on any atom is -0.490 e. The Morgan fingerprint density at radius 1 is 1.24 bits per heavy atom. The van der Waals surface area contributed by atoms with Crippen molar-refractivity contribution in [3.05, 3.63) is 62.4 Å². The molecule has 110 valence electrons. The number of hydrogen-bond acceptors (Lipinski definition) is 4. The fourth-order valence-electron chi connectivity index (χ4n) is 1.72. The van der Waals surface area contributed by atoms with Crippen molar-refractivity contribution in [2.45, 2.75) is 6.61 Å². The molecule has 2 rings (SSSR count). The molecular formula is C14H11BrFNO4. The third-order valence-corrected chi connectivity index (χ3v) is 3.22. The summed E-state index contributed by atoms with van der Waals surface area (Å²) in [5, 5.41) is 10.9. The Morgan fingerprint density at radius 2 is 2.00 bits per heavy atom. The molecule has 0 atom stereocenters. The lowest BCUT2D eigenvalue weighted by Gasteiger charge is -2.09. The summed E-state index contributed by atoms with van der Waals surface area (Å²) in [4.78, 5) is 10.4. The lowest BCUT2D eigenvalue weighted by molar-refractivity contribution is -0.385. The molecule has 0 N–H and O–H groups in total. The number of halogens is 2. The van der Waals surface area contributed by atoms with E-state index in [0.29, 0.717) is 10.0 Å². The molecule has 0 fully saturated rings. The lowest BCUT2D eigenvalue weighted by atomic mass is 10.2. The Hall–Kier alpha value is -2.15. The summed E-state index contributed by atoms with van der Waals surface area (Å²) in [6.07, 6.45) is 0. The van der Waals surface area contributed by atoms with Crippen molar-refractivity contribution < 1.29 is 18.8 Å². The Morgan fingerprint density at radius 3 is 2.67 bits per heavy atom. The van der Waals surface area contributed by atoms with Crippen molar-refractivity contribution in [1.82, 2.24) is 0 Å². The van der Waals surface area contributed by atoms with Gasteiger partial charge in [-0.25, -0.2) is 4.39 Å². The molecule has 0 aliphatic carbocycles. The van der Waals surface area contributed by atoms with Crippen LogP contribution in [-0.4, -0.2) is 12.0 Å². The number of benzene rings is 2. The highest BCUT2D eigenvalue weighted by Gasteiger charge is 2.15. The predicted octanol–water partition coefficient (Wildman–Crippen LogP) is 4.08. The standard InChI is InChI=1S/C14H11BrFNO4/c1-20-13-5-2-9(6-12(13)17(18)19)8-21-14-7-10(15)3-4-11(14)16/h2-7H,8H2,1H3. The number of nitrogens with zero attached hydrogens (tertiary/aromatic N) is 1. The molecule has 0 amide bonds. The monoisotopic (exact) mass is 355 g/mol. The van der Waals surface area contributed by atoms with Crippen LogP contribution in [0, 0.1) is 15.9 Å². The zero-order valence-electron chi connectivity index (χ0n) is 11.0. The summed E-state index contributed by atoms with van der Waals surface area (Å²) in [6, 6.07) is 8.77. The molecule has 7 heteroatoms. The number of methoxy groups -OCH3 is 1. The first-order valence-corrected chi connectivity index (χ1v) is 6.69. The molecular weight excluding hydrogens is 345 g/mol. The summed E-state index contributed by atoms with van der Waals surface area (Å²) in [7, 11) is 1.36. The molecule has 0 bridgehead atoms. The van der Waals surface area contributed by atoms with Crippen LogP contribution in [0.3, 0.4) is 0 Å². The molecule has 2 aromatic rings. The first-order valence-electron chi connectivity index (χ1n) is 5.90. The molecule has 5 nitrogen and oxygen atoms in total. The van der Waals surface area contributed by atoms with Crippen LogP contribution in [0.4, 0.5) is 10.1 Å². The van der Waals surface area contributed by atoms with Crippen molar-refractivity contribution in [3.63, 3.8) is 0 Å². The van der Waals surface area contributed by atoms with E-state index in [2.05, 4.69) is 15.9 Å². The van der Waals surface area contributed by atoms with E-state index in [4.69, 9.17) is 9.47 Å². The summed E-state index contributed by atoms with van der Waals surface area (Å²) in [5.41, 5.74) is 0.384. The Balaban J connectivity index is 2.18. The van der Waals surface area contributed by atoms with Crippen LogP contribution < -0.4 is 9.47 Å². The maximum absolute atomic E-state index is 13.5. The molecule has 2 aromatic carbocycles. The van der Waals surface area contributed by atoms with Crippen LogP contribution in [0.1, 0.15) is 5.56 Å². The second kappa shape index (κ2) is 6.53. The van der Waals surface area contributed by atoms with Crippen molar-refractivity contribution in [1.29, 1.82) is 0 Å². The van der Waals surface area contributed by atoms with Crippen molar-refractivity contribution >= 4 is 21.6 Å². The van der Waals surface area contributed by atoms with Crippen LogP contribution in [0.5, 0.6) is 11.5 Å². The van der Waals surface area contributed by atoms with E-state index in [1.54, 1.807) is 12.1 Å². The van der Waals surface area contributed by atoms with E-state index in [9.17, 15) is 14.5 Å². The van der Waals surface area contributed by atoms with E-state index in [0.717, 1.165) is 0 Å². The minimum atomic E-state index is -0.540. The molecule has 0 aliphatic heterocycles. The molecule has 0 saturated heterocycles. The first kappa shape index (κ1) is 15.2. The highest BCUT2D eigenvalue weighted by Crippen LogP contribution is 2.28. The smallest absolute Gasteiger partial charge is 0.311 e. The minimum absolute atomic E-state index is 0.0121. The van der Waals surface area contributed by atoms with Crippen LogP contribution in [0.2, 0.25) is 0 Å². The number of hydrogen-bond donors (Lipinski definition) is 0. The molecule has 0 spiro atoms. The van der Waals surface area contributed by atoms with Crippen molar-refractivity contribution in [2.75, 3.05) is 7.11 Å². The SMILES string of the molecule is COc1ccc(COc2cc(Br)ccc2F)cc1[N+](=O)[O-]. The number of nitro groups is 1. The average molecular weight is 356 g/mol. The van der Waals surface area contributed by atoms with Gasteiger partial charge >= 0.3 is 5.69 Å². The third-order valence-electron chi connectivity index (χ3n) is 2.73. The summed E-state index contributed by atoms with van der Waals surface area (Å²) < 4.78 is 24.5. The average Bonchev–Trinajstić information content (AvgIpc) is 2.47. The zero-order valence-corrected chi connectivity index (χ0v) is 12.6. The van der Waals surface area contributed by atoms with Crippen LogP contribution in [0.15, 0.2) is 40.9 Å². The third kappa shape index (κ3) is 3.69. The van der Waals surface area contributed by atoms with E-state index in [1.165, 1.54) is 31.4 Å². The fraction of sp³-hybridized carbons (Fsp3) is 0.143. The van der Waals surface area contributed by atoms with Gasteiger partial charge in [0.25, 0.3) is 0 Å². The Bertz CT molecular complexity index is 678. The number of rotatable bonds is 5. The largest absolute Gasteiger partial charge is 0.490 e. The first-order chi connectivity index (χ1) is 10.0. The number of ether oxygens (including phenoxy) is 2. The van der Waals surface area contributed by atoms with E-state index < -0.39 is 10.7 Å². The van der Waals surface area contributed by atoms with Gasteiger partial charge in [-0.05, 0) is 29.8 Å². The topological polar surface area (TPSA) is 61.6 Å². The predicted molar refractivity (Wildman–Crippen MR) is 78.1 cm³/mol. The summed E-state index contributed by atoms with van der Waals surface area (Å²) in [6.45, 7) is 0.0121. The Kier molecular flexibility index (Phi) is 4.74. The molecule has 0 aromatic heterocycles. The van der Waals surface area contributed by atoms with Crippen molar-refractivity contribution in [2.24, 2.45) is 0 Å². The van der Waals surface area contributed by atoms with Gasteiger partial charge in [-0.15, -0.1) is 0 Å². The summed E-state index contributed by atoms with van der Waals surface area (Å²) in [5.74, 6) is -0.263. The maximum Gasteiger partial charge on any atom is 0.311 e. The van der Waals surface area contributed by atoms with Crippen molar-refractivity contribution in [3.8, 4) is 11.5 Å². The van der Waals surface area contributed by atoms with Gasteiger partial charge in [-0.3, -0.25) is 10.1 Å². The normalized spacial score (nSPS) is 10.2. The molecule has 0 radical (unpaired) electrons. The Labute approximate surface area is 128 Å².